The number of methoxy groups -OCH3 is 1. The average Bonchev–Trinajstić information content (AvgIpc) is 2.83. The molecule has 2 aliphatic heterocycles. The minimum absolute atomic E-state index is 0.0683. The average molecular weight is 454 g/mol. The van der Waals surface area contributed by atoms with Crippen LogP contribution in [0.4, 0.5) is 5.69 Å². The van der Waals surface area contributed by atoms with Crippen LogP contribution in [0, 0.1) is 5.92 Å². The van der Waals surface area contributed by atoms with Crippen LogP contribution < -0.4 is 10.1 Å². The molecule has 2 aliphatic rings. The zero-order chi connectivity index (χ0) is 22.3. The molecule has 0 spiro atoms. The van der Waals surface area contributed by atoms with Crippen LogP contribution in [0.25, 0.3) is 0 Å². The van der Waals surface area contributed by atoms with E-state index in [9.17, 15) is 9.59 Å². The maximum absolute atomic E-state index is 12.7. The number of carbonyl (C=O) groups excluding carboxylic acids is 2. The Hall–Kier alpha value is -3.00. The highest BCUT2D eigenvalue weighted by molar-refractivity contribution is 7.99. The molecule has 168 valence electrons. The fourth-order valence-corrected chi connectivity index (χ4v) is 4.61. The lowest BCUT2D eigenvalue weighted by atomic mass is 9.94. The summed E-state index contributed by atoms with van der Waals surface area (Å²) in [7, 11) is 1.39. The Kier molecular flexibility index (Phi) is 7.32. The summed E-state index contributed by atoms with van der Waals surface area (Å²) < 4.78 is 10.5. The fourth-order valence-electron chi connectivity index (χ4n) is 3.73. The van der Waals surface area contributed by atoms with E-state index in [1.807, 2.05) is 48.3 Å². The lowest BCUT2D eigenvalue weighted by Crippen LogP contribution is -2.27. The van der Waals surface area contributed by atoms with E-state index in [0.717, 1.165) is 41.5 Å². The number of nitrogens with zero attached hydrogens (tertiary/aromatic N) is 2. The van der Waals surface area contributed by atoms with Crippen molar-refractivity contribution in [3.63, 3.8) is 0 Å². The summed E-state index contributed by atoms with van der Waals surface area (Å²) >= 11 is 1.95. The summed E-state index contributed by atoms with van der Waals surface area (Å²) in [5, 5.41) is 9.54. The molecule has 2 heterocycles. The highest BCUT2D eigenvalue weighted by Crippen LogP contribution is 2.31. The highest BCUT2D eigenvalue weighted by Gasteiger charge is 2.23. The number of nitrogens with one attached hydrogen (secondary N) is 1. The molecule has 1 amide bonds. The fraction of sp³-hybridized carbons (Fsp3) is 0.375. The van der Waals surface area contributed by atoms with Gasteiger partial charge < -0.3 is 14.8 Å². The number of ether oxygens (including phenoxy) is 2. The standard InChI is InChI=1S/C24H27N3O4S/c1-30-23(28)13-18-12-20-14-21(6-7-22(20)31-16-18)26-24(29)19-4-2-17(3-5-19)15-25-27-8-10-32-11-9-27/h2-7,14-15,18H,8-13,16H2,1H3,(H,26,29)/b25-15+. The first-order chi connectivity index (χ1) is 15.6. The number of esters is 1. The van der Waals surface area contributed by atoms with Crippen molar-refractivity contribution in [1.29, 1.82) is 0 Å². The molecule has 0 saturated carbocycles. The van der Waals surface area contributed by atoms with Crippen LogP contribution in [0.1, 0.15) is 27.9 Å². The second-order valence-electron chi connectivity index (χ2n) is 7.87. The van der Waals surface area contributed by atoms with Crippen molar-refractivity contribution in [2.45, 2.75) is 12.8 Å². The van der Waals surface area contributed by atoms with E-state index in [0.29, 0.717) is 30.7 Å². The number of fused-ring (bicyclic) bond motifs is 1. The molecule has 1 atom stereocenters. The minimum atomic E-state index is -0.241. The molecule has 0 bridgehead atoms. The normalized spacial score (nSPS) is 18.0. The van der Waals surface area contributed by atoms with Crippen LogP contribution in [-0.2, 0) is 16.0 Å². The SMILES string of the molecule is COC(=O)CC1COc2ccc(NC(=O)c3ccc(/C=N/N4CCSCC4)cc3)cc2C1. The Morgan fingerprint density at radius 2 is 2.00 bits per heavy atom. The number of rotatable bonds is 6. The van der Waals surface area contributed by atoms with Gasteiger partial charge in [0.1, 0.15) is 5.75 Å². The van der Waals surface area contributed by atoms with Gasteiger partial charge in [-0.3, -0.25) is 14.6 Å². The minimum Gasteiger partial charge on any atom is -0.493 e. The smallest absolute Gasteiger partial charge is 0.305 e. The molecular formula is C24H27N3O4S. The van der Waals surface area contributed by atoms with Gasteiger partial charge in [-0.1, -0.05) is 12.1 Å². The van der Waals surface area contributed by atoms with Crippen LogP contribution >= 0.6 is 11.8 Å². The molecule has 0 aliphatic carbocycles. The van der Waals surface area contributed by atoms with E-state index < -0.39 is 0 Å². The Bertz CT molecular complexity index is 987. The Balaban J connectivity index is 1.36. The highest BCUT2D eigenvalue weighted by atomic mass is 32.2. The van der Waals surface area contributed by atoms with Crippen molar-refractivity contribution in [3.8, 4) is 5.75 Å². The molecule has 4 rings (SSSR count). The number of benzene rings is 2. The van der Waals surface area contributed by atoms with Gasteiger partial charge in [-0.2, -0.15) is 16.9 Å². The predicted molar refractivity (Wildman–Crippen MR) is 127 cm³/mol. The second kappa shape index (κ2) is 10.5. The summed E-state index contributed by atoms with van der Waals surface area (Å²) in [5.41, 5.74) is 3.21. The summed E-state index contributed by atoms with van der Waals surface area (Å²) in [4.78, 5) is 24.3. The van der Waals surface area contributed by atoms with Crippen LogP contribution in [0.5, 0.6) is 5.75 Å². The molecule has 1 fully saturated rings. The van der Waals surface area contributed by atoms with Gasteiger partial charge in [0.25, 0.3) is 5.91 Å². The molecule has 1 N–H and O–H groups in total. The monoisotopic (exact) mass is 453 g/mol. The number of thioether (sulfide) groups is 1. The zero-order valence-corrected chi connectivity index (χ0v) is 18.9. The molecule has 0 radical (unpaired) electrons. The van der Waals surface area contributed by atoms with E-state index >= 15 is 0 Å². The van der Waals surface area contributed by atoms with Crippen LogP contribution in [-0.4, -0.2) is 61.4 Å². The first-order valence-corrected chi connectivity index (χ1v) is 11.9. The number of anilines is 1. The van der Waals surface area contributed by atoms with Gasteiger partial charge >= 0.3 is 5.97 Å². The van der Waals surface area contributed by atoms with Gasteiger partial charge in [0.2, 0.25) is 0 Å². The third kappa shape index (κ3) is 5.82. The summed E-state index contributed by atoms with van der Waals surface area (Å²) in [5.74, 6) is 2.66. The van der Waals surface area contributed by atoms with Crippen LogP contribution in [0.3, 0.4) is 0 Å². The van der Waals surface area contributed by atoms with Crippen molar-refractivity contribution >= 4 is 35.5 Å². The topological polar surface area (TPSA) is 80.2 Å². The van der Waals surface area contributed by atoms with E-state index in [1.54, 1.807) is 12.1 Å². The number of hydrazone groups is 1. The number of amides is 1. The zero-order valence-electron chi connectivity index (χ0n) is 18.1. The van der Waals surface area contributed by atoms with Crippen molar-refractivity contribution in [1.82, 2.24) is 5.01 Å². The summed E-state index contributed by atoms with van der Waals surface area (Å²) in [6.07, 6.45) is 2.86. The van der Waals surface area contributed by atoms with E-state index in [-0.39, 0.29) is 17.8 Å². The van der Waals surface area contributed by atoms with E-state index in [2.05, 4.69) is 15.4 Å². The Morgan fingerprint density at radius 3 is 2.75 bits per heavy atom. The molecule has 2 aromatic rings. The summed E-state index contributed by atoms with van der Waals surface area (Å²) in [6.45, 7) is 2.42. The van der Waals surface area contributed by atoms with Crippen molar-refractivity contribution in [2.24, 2.45) is 11.0 Å². The van der Waals surface area contributed by atoms with E-state index in [1.165, 1.54) is 7.11 Å². The Morgan fingerprint density at radius 1 is 1.22 bits per heavy atom. The largest absolute Gasteiger partial charge is 0.493 e. The first kappa shape index (κ1) is 22.2. The third-order valence-electron chi connectivity index (χ3n) is 5.51. The van der Waals surface area contributed by atoms with Gasteiger partial charge in [-0.05, 0) is 47.9 Å². The maximum Gasteiger partial charge on any atom is 0.305 e. The number of hydrogen-bond donors (Lipinski definition) is 1. The van der Waals surface area contributed by atoms with E-state index in [4.69, 9.17) is 9.47 Å². The molecule has 7 nitrogen and oxygen atoms in total. The summed E-state index contributed by atoms with van der Waals surface area (Å²) in [6, 6.07) is 13.0. The molecule has 8 heteroatoms. The third-order valence-corrected chi connectivity index (χ3v) is 6.46. The van der Waals surface area contributed by atoms with Crippen LogP contribution in [0.15, 0.2) is 47.6 Å². The molecule has 2 aromatic carbocycles. The predicted octanol–water partition coefficient (Wildman–Crippen LogP) is 3.44. The first-order valence-electron chi connectivity index (χ1n) is 10.7. The lowest BCUT2D eigenvalue weighted by molar-refractivity contribution is -0.142. The van der Waals surface area contributed by atoms with Gasteiger partial charge in [0.05, 0.1) is 26.4 Å². The quantitative estimate of drug-likeness (QED) is 0.533. The Labute approximate surface area is 192 Å². The van der Waals surface area contributed by atoms with Crippen molar-refractivity contribution in [3.05, 3.63) is 59.2 Å². The van der Waals surface area contributed by atoms with Crippen LogP contribution in [0.2, 0.25) is 0 Å². The molecule has 32 heavy (non-hydrogen) atoms. The molecule has 1 saturated heterocycles. The second-order valence-corrected chi connectivity index (χ2v) is 9.10. The van der Waals surface area contributed by atoms with Gasteiger partial charge in [-0.25, -0.2) is 0 Å². The molecule has 0 aromatic heterocycles. The lowest BCUT2D eigenvalue weighted by Gasteiger charge is -2.25. The van der Waals surface area contributed by atoms with Crippen molar-refractivity contribution in [2.75, 3.05) is 43.6 Å². The maximum atomic E-state index is 12.7. The molecule has 1 unspecified atom stereocenters. The number of carbonyl (C=O) groups is 2. The number of hydrogen-bond acceptors (Lipinski definition) is 7. The molecular weight excluding hydrogens is 426 g/mol. The van der Waals surface area contributed by atoms with Crippen molar-refractivity contribution < 1.29 is 19.1 Å². The van der Waals surface area contributed by atoms with Gasteiger partial charge in [0, 0.05) is 41.8 Å². The van der Waals surface area contributed by atoms with Gasteiger partial charge in [-0.15, -0.1) is 0 Å². The van der Waals surface area contributed by atoms with Gasteiger partial charge in [0.15, 0.2) is 0 Å².